The van der Waals surface area contributed by atoms with Gasteiger partial charge in [0.05, 0.1) is 5.69 Å². The van der Waals surface area contributed by atoms with Gasteiger partial charge >= 0.3 is 0 Å². The minimum absolute atomic E-state index is 0.355. The highest BCUT2D eigenvalue weighted by Crippen LogP contribution is 2.26. The molecule has 0 saturated heterocycles. The van der Waals surface area contributed by atoms with Crippen molar-refractivity contribution in [3.63, 3.8) is 0 Å². The molecule has 0 radical (unpaired) electrons. The summed E-state index contributed by atoms with van der Waals surface area (Å²) in [5, 5.41) is 4.41. The first-order chi connectivity index (χ1) is 8.20. The third-order valence-electron chi connectivity index (χ3n) is 3.83. The first-order valence-corrected chi connectivity index (χ1v) is 6.75. The number of nitrogens with zero attached hydrogens (tertiary/aromatic N) is 2. The minimum atomic E-state index is 0.355. The van der Waals surface area contributed by atoms with E-state index in [0.717, 1.165) is 31.4 Å². The number of hydrogen-bond acceptors (Lipinski definition) is 2. The third kappa shape index (κ3) is 2.96. The molecular formula is C14H22N2O. The maximum absolute atomic E-state index is 12.0. The van der Waals surface area contributed by atoms with E-state index in [2.05, 4.69) is 18.1 Å². The molecular weight excluding hydrogens is 212 g/mol. The summed E-state index contributed by atoms with van der Waals surface area (Å²) < 4.78 is 1.92. The monoisotopic (exact) mass is 234 g/mol. The molecule has 0 aliphatic heterocycles. The van der Waals surface area contributed by atoms with E-state index in [1.54, 1.807) is 0 Å². The van der Waals surface area contributed by atoms with Crippen LogP contribution in [0.1, 0.15) is 50.4 Å². The predicted molar refractivity (Wildman–Crippen MR) is 67.9 cm³/mol. The van der Waals surface area contributed by atoms with Gasteiger partial charge in [0.2, 0.25) is 0 Å². The number of carbonyl (C=O) groups is 1. The van der Waals surface area contributed by atoms with Crippen LogP contribution in [0.25, 0.3) is 0 Å². The fourth-order valence-corrected chi connectivity index (χ4v) is 2.68. The summed E-state index contributed by atoms with van der Waals surface area (Å²) in [6, 6.07) is 2.13. The fourth-order valence-electron chi connectivity index (χ4n) is 2.68. The van der Waals surface area contributed by atoms with Crippen LogP contribution in [0, 0.1) is 5.92 Å². The van der Waals surface area contributed by atoms with Crippen LogP contribution in [-0.2, 0) is 24.7 Å². The molecule has 0 aromatic carbocycles. The van der Waals surface area contributed by atoms with E-state index in [1.165, 1.54) is 18.5 Å². The summed E-state index contributed by atoms with van der Waals surface area (Å²) in [5.41, 5.74) is 2.31. The van der Waals surface area contributed by atoms with Crippen molar-refractivity contribution in [3.8, 4) is 0 Å². The van der Waals surface area contributed by atoms with E-state index < -0.39 is 0 Å². The van der Waals surface area contributed by atoms with Crippen LogP contribution in [-0.4, -0.2) is 15.6 Å². The van der Waals surface area contributed by atoms with Crippen LogP contribution >= 0.6 is 0 Å². The molecule has 1 fully saturated rings. The van der Waals surface area contributed by atoms with Gasteiger partial charge in [-0.2, -0.15) is 5.10 Å². The Labute approximate surface area is 103 Å². The van der Waals surface area contributed by atoms with E-state index in [4.69, 9.17) is 0 Å². The lowest BCUT2D eigenvalue weighted by Crippen LogP contribution is -2.12. The Morgan fingerprint density at radius 2 is 2.18 bits per heavy atom. The lowest BCUT2D eigenvalue weighted by atomic mass is 9.98. The van der Waals surface area contributed by atoms with Crippen molar-refractivity contribution in [2.24, 2.45) is 13.0 Å². The molecule has 94 valence electrons. The van der Waals surface area contributed by atoms with Gasteiger partial charge in [-0.25, -0.2) is 0 Å². The van der Waals surface area contributed by atoms with Gasteiger partial charge in [-0.15, -0.1) is 0 Å². The van der Waals surface area contributed by atoms with Crippen molar-refractivity contribution in [2.45, 2.75) is 51.9 Å². The first kappa shape index (κ1) is 12.3. The molecule has 0 N–H and O–H groups in total. The largest absolute Gasteiger partial charge is 0.299 e. The lowest BCUT2D eigenvalue weighted by molar-refractivity contribution is -0.122. The molecule has 0 unspecified atom stereocenters. The van der Waals surface area contributed by atoms with E-state index >= 15 is 0 Å². The molecule has 2 rings (SSSR count). The van der Waals surface area contributed by atoms with Crippen molar-refractivity contribution in [1.82, 2.24) is 9.78 Å². The molecule has 1 aromatic rings. The summed E-state index contributed by atoms with van der Waals surface area (Å²) in [6.07, 6.45) is 7.20. The van der Waals surface area contributed by atoms with Gasteiger partial charge in [0, 0.05) is 25.1 Å². The zero-order valence-electron chi connectivity index (χ0n) is 10.9. The average molecular weight is 234 g/mol. The smallest absolute Gasteiger partial charge is 0.136 e. The number of aromatic nitrogens is 2. The van der Waals surface area contributed by atoms with Gasteiger partial charge in [-0.1, -0.05) is 19.8 Å². The summed E-state index contributed by atoms with van der Waals surface area (Å²) in [7, 11) is 1.97. The van der Waals surface area contributed by atoms with E-state index in [9.17, 15) is 4.79 Å². The summed E-state index contributed by atoms with van der Waals surface area (Å²) in [5.74, 6) is 0.815. The van der Waals surface area contributed by atoms with Crippen molar-refractivity contribution in [1.29, 1.82) is 0 Å². The van der Waals surface area contributed by atoms with E-state index in [0.29, 0.717) is 18.1 Å². The topological polar surface area (TPSA) is 34.9 Å². The standard InChI is InChI=1S/C14H22N2O/c1-3-12-10-13(16(2)15-12)8-9-14(17)11-6-4-5-7-11/h10-11H,3-9H2,1-2H3. The highest BCUT2D eigenvalue weighted by Gasteiger charge is 2.22. The van der Waals surface area contributed by atoms with Gasteiger partial charge in [0.25, 0.3) is 0 Å². The highest BCUT2D eigenvalue weighted by atomic mass is 16.1. The molecule has 0 atom stereocenters. The molecule has 0 bridgehead atoms. The maximum Gasteiger partial charge on any atom is 0.136 e. The first-order valence-electron chi connectivity index (χ1n) is 6.75. The molecule has 1 aliphatic rings. The second kappa shape index (κ2) is 5.48. The second-order valence-electron chi connectivity index (χ2n) is 5.05. The molecule has 1 aromatic heterocycles. The number of carbonyl (C=O) groups excluding carboxylic acids is 1. The van der Waals surface area contributed by atoms with Gasteiger partial charge in [0.15, 0.2) is 0 Å². The fraction of sp³-hybridized carbons (Fsp3) is 0.714. The van der Waals surface area contributed by atoms with Crippen LogP contribution in [0.2, 0.25) is 0 Å². The van der Waals surface area contributed by atoms with Crippen molar-refractivity contribution in [3.05, 3.63) is 17.5 Å². The van der Waals surface area contributed by atoms with Crippen molar-refractivity contribution in [2.75, 3.05) is 0 Å². The number of aryl methyl sites for hydroxylation is 3. The molecule has 1 heterocycles. The van der Waals surface area contributed by atoms with Crippen LogP contribution < -0.4 is 0 Å². The maximum atomic E-state index is 12.0. The Balaban J connectivity index is 1.88. The molecule has 0 amide bonds. The summed E-state index contributed by atoms with van der Waals surface area (Å²) in [6.45, 7) is 2.11. The third-order valence-corrected chi connectivity index (χ3v) is 3.83. The number of hydrogen-bond donors (Lipinski definition) is 0. The lowest BCUT2D eigenvalue weighted by Gasteiger charge is -2.07. The van der Waals surface area contributed by atoms with Gasteiger partial charge in [-0.3, -0.25) is 9.48 Å². The van der Waals surface area contributed by atoms with E-state index in [1.807, 2.05) is 11.7 Å². The van der Waals surface area contributed by atoms with Crippen LogP contribution in [0.15, 0.2) is 6.07 Å². The SMILES string of the molecule is CCc1cc(CCC(=O)C2CCCC2)n(C)n1. The van der Waals surface area contributed by atoms with Gasteiger partial charge < -0.3 is 0 Å². The zero-order chi connectivity index (χ0) is 12.3. The molecule has 3 heteroatoms. The Kier molecular flexibility index (Phi) is 3.97. The van der Waals surface area contributed by atoms with Crippen LogP contribution in [0.5, 0.6) is 0 Å². The highest BCUT2D eigenvalue weighted by molar-refractivity contribution is 5.81. The average Bonchev–Trinajstić information content (AvgIpc) is 2.95. The Morgan fingerprint density at radius 3 is 2.76 bits per heavy atom. The number of rotatable bonds is 5. The predicted octanol–water partition coefficient (Wildman–Crippen LogP) is 2.67. The minimum Gasteiger partial charge on any atom is -0.299 e. The van der Waals surface area contributed by atoms with Crippen LogP contribution in [0.3, 0.4) is 0 Å². The van der Waals surface area contributed by atoms with Gasteiger partial charge in [-0.05, 0) is 31.7 Å². The van der Waals surface area contributed by atoms with Crippen molar-refractivity contribution < 1.29 is 4.79 Å². The zero-order valence-corrected chi connectivity index (χ0v) is 10.9. The Hall–Kier alpha value is -1.12. The molecule has 0 spiro atoms. The molecule has 1 saturated carbocycles. The van der Waals surface area contributed by atoms with E-state index in [-0.39, 0.29) is 0 Å². The summed E-state index contributed by atoms with van der Waals surface area (Å²) in [4.78, 5) is 12.0. The molecule has 1 aliphatic carbocycles. The Morgan fingerprint density at radius 1 is 1.47 bits per heavy atom. The molecule has 17 heavy (non-hydrogen) atoms. The number of ketones is 1. The quantitative estimate of drug-likeness (QED) is 0.785. The van der Waals surface area contributed by atoms with Crippen molar-refractivity contribution >= 4 is 5.78 Å². The number of Topliss-reactive ketones (excluding diaryl/α,β-unsaturated/α-hetero) is 1. The second-order valence-corrected chi connectivity index (χ2v) is 5.05. The summed E-state index contributed by atoms with van der Waals surface area (Å²) >= 11 is 0. The van der Waals surface area contributed by atoms with Crippen LogP contribution in [0.4, 0.5) is 0 Å². The van der Waals surface area contributed by atoms with Gasteiger partial charge in [0.1, 0.15) is 5.78 Å². The normalized spacial score (nSPS) is 16.6. The Bertz CT molecular complexity index is 389. The molecule has 3 nitrogen and oxygen atoms in total.